The van der Waals surface area contributed by atoms with E-state index in [0.29, 0.717) is 22.9 Å². The third-order valence-corrected chi connectivity index (χ3v) is 3.29. The predicted molar refractivity (Wildman–Crippen MR) is 72.0 cm³/mol. The van der Waals surface area contributed by atoms with E-state index in [1.165, 1.54) is 6.07 Å². The van der Waals surface area contributed by atoms with Gasteiger partial charge in [-0.1, -0.05) is 13.8 Å². The average Bonchev–Trinajstić information content (AvgIpc) is 2.34. The summed E-state index contributed by atoms with van der Waals surface area (Å²) in [5.41, 5.74) is 0. The lowest BCUT2D eigenvalue weighted by Crippen LogP contribution is -2.31. The van der Waals surface area contributed by atoms with Gasteiger partial charge in [-0.15, -0.1) is 0 Å². The number of nitrogens with one attached hydrogen (secondary N) is 1. The standard InChI is InChI=1S/C13H19BrFNO/c1-3-10(4-2)16-7-8-17-11-5-6-13(15)12(14)9-11/h5-6,9-10,16H,3-4,7-8H2,1-2H3. The molecule has 0 saturated heterocycles. The number of hydrogen-bond donors (Lipinski definition) is 1. The molecule has 4 heteroatoms. The summed E-state index contributed by atoms with van der Waals surface area (Å²) in [4.78, 5) is 0. The molecule has 0 unspecified atom stereocenters. The molecule has 0 fully saturated rings. The summed E-state index contributed by atoms with van der Waals surface area (Å²) in [7, 11) is 0. The van der Waals surface area contributed by atoms with Crippen LogP contribution in [0.25, 0.3) is 0 Å². The van der Waals surface area contributed by atoms with E-state index in [-0.39, 0.29) is 5.82 Å². The van der Waals surface area contributed by atoms with Gasteiger partial charge in [-0.3, -0.25) is 0 Å². The summed E-state index contributed by atoms with van der Waals surface area (Å²) in [6.07, 6.45) is 2.25. The molecule has 0 saturated carbocycles. The van der Waals surface area contributed by atoms with Crippen molar-refractivity contribution in [2.24, 2.45) is 0 Å². The zero-order valence-electron chi connectivity index (χ0n) is 10.3. The molecular formula is C13H19BrFNO. The van der Waals surface area contributed by atoms with Gasteiger partial charge in [0.15, 0.2) is 0 Å². The summed E-state index contributed by atoms with van der Waals surface area (Å²) in [6, 6.07) is 5.23. The summed E-state index contributed by atoms with van der Waals surface area (Å²) >= 11 is 3.13. The molecule has 96 valence electrons. The van der Waals surface area contributed by atoms with Crippen molar-refractivity contribution in [2.45, 2.75) is 32.7 Å². The van der Waals surface area contributed by atoms with Crippen LogP contribution in [0.15, 0.2) is 22.7 Å². The molecule has 0 aliphatic rings. The molecule has 0 atom stereocenters. The minimum atomic E-state index is -0.271. The maximum Gasteiger partial charge on any atom is 0.137 e. The van der Waals surface area contributed by atoms with Crippen molar-refractivity contribution in [1.82, 2.24) is 5.32 Å². The molecule has 0 heterocycles. The first-order chi connectivity index (χ1) is 8.17. The van der Waals surface area contributed by atoms with Crippen LogP contribution in [0.5, 0.6) is 5.75 Å². The van der Waals surface area contributed by atoms with Gasteiger partial charge in [0, 0.05) is 12.6 Å². The Hall–Kier alpha value is -0.610. The molecule has 1 rings (SSSR count). The minimum Gasteiger partial charge on any atom is -0.492 e. The fraction of sp³-hybridized carbons (Fsp3) is 0.538. The molecule has 0 aliphatic carbocycles. The predicted octanol–water partition coefficient (Wildman–Crippen LogP) is 3.75. The molecule has 17 heavy (non-hydrogen) atoms. The summed E-state index contributed by atoms with van der Waals surface area (Å²) in [5, 5.41) is 3.40. The number of rotatable bonds is 7. The topological polar surface area (TPSA) is 21.3 Å². The van der Waals surface area contributed by atoms with E-state index in [4.69, 9.17) is 4.74 Å². The molecule has 2 nitrogen and oxygen atoms in total. The van der Waals surface area contributed by atoms with Crippen LogP contribution in [0.3, 0.4) is 0 Å². The van der Waals surface area contributed by atoms with Crippen LogP contribution in [0, 0.1) is 5.82 Å². The van der Waals surface area contributed by atoms with Gasteiger partial charge in [0.2, 0.25) is 0 Å². The Morgan fingerprint density at radius 3 is 2.65 bits per heavy atom. The Bertz CT molecular complexity index is 342. The van der Waals surface area contributed by atoms with Gasteiger partial charge in [0.05, 0.1) is 4.47 Å². The van der Waals surface area contributed by atoms with Crippen LogP contribution >= 0.6 is 15.9 Å². The monoisotopic (exact) mass is 303 g/mol. The molecule has 1 aromatic carbocycles. The summed E-state index contributed by atoms with van der Waals surface area (Å²) in [6.45, 7) is 5.73. The van der Waals surface area contributed by atoms with Crippen molar-refractivity contribution in [1.29, 1.82) is 0 Å². The maximum absolute atomic E-state index is 13.0. The summed E-state index contributed by atoms with van der Waals surface area (Å²) < 4.78 is 18.9. The number of hydrogen-bond acceptors (Lipinski definition) is 2. The highest BCUT2D eigenvalue weighted by Gasteiger charge is 2.03. The Labute approximate surface area is 111 Å². The number of halogens is 2. The Morgan fingerprint density at radius 2 is 2.06 bits per heavy atom. The van der Waals surface area contributed by atoms with E-state index in [0.717, 1.165) is 19.4 Å². The second-order valence-corrected chi connectivity index (χ2v) is 4.75. The van der Waals surface area contributed by atoms with Crippen LogP contribution < -0.4 is 10.1 Å². The molecule has 0 aliphatic heterocycles. The molecule has 0 aromatic heterocycles. The Balaban J connectivity index is 2.28. The highest BCUT2D eigenvalue weighted by atomic mass is 79.9. The van der Waals surface area contributed by atoms with Crippen LogP contribution in [0.2, 0.25) is 0 Å². The maximum atomic E-state index is 13.0. The quantitative estimate of drug-likeness (QED) is 0.775. The SMILES string of the molecule is CCC(CC)NCCOc1ccc(F)c(Br)c1. The second kappa shape index (κ2) is 7.67. The van der Waals surface area contributed by atoms with Crippen molar-refractivity contribution < 1.29 is 9.13 Å². The van der Waals surface area contributed by atoms with Gasteiger partial charge in [-0.25, -0.2) is 4.39 Å². The molecule has 0 radical (unpaired) electrons. The molecule has 0 spiro atoms. The number of ether oxygens (including phenoxy) is 1. The normalized spacial score (nSPS) is 10.9. The van der Waals surface area contributed by atoms with E-state index in [1.807, 2.05) is 0 Å². The van der Waals surface area contributed by atoms with E-state index >= 15 is 0 Å². The van der Waals surface area contributed by atoms with Gasteiger partial charge in [0.25, 0.3) is 0 Å². The smallest absolute Gasteiger partial charge is 0.137 e. The average molecular weight is 304 g/mol. The minimum absolute atomic E-state index is 0.271. The van der Waals surface area contributed by atoms with Gasteiger partial charge < -0.3 is 10.1 Å². The fourth-order valence-corrected chi connectivity index (χ4v) is 1.93. The van der Waals surface area contributed by atoms with E-state index < -0.39 is 0 Å². The van der Waals surface area contributed by atoms with E-state index in [1.54, 1.807) is 12.1 Å². The third kappa shape index (κ3) is 5.04. The van der Waals surface area contributed by atoms with E-state index in [9.17, 15) is 4.39 Å². The van der Waals surface area contributed by atoms with Gasteiger partial charge in [0.1, 0.15) is 18.2 Å². The molecule has 0 bridgehead atoms. The van der Waals surface area contributed by atoms with Gasteiger partial charge in [-0.05, 0) is 47.0 Å². The fourth-order valence-electron chi connectivity index (χ4n) is 1.58. The van der Waals surface area contributed by atoms with Crippen molar-refractivity contribution in [2.75, 3.05) is 13.2 Å². The first kappa shape index (κ1) is 14.5. The highest BCUT2D eigenvalue weighted by Crippen LogP contribution is 2.21. The number of benzene rings is 1. The Kier molecular flexibility index (Phi) is 6.52. The molecular weight excluding hydrogens is 285 g/mol. The van der Waals surface area contributed by atoms with Crippen LogP contribution in [-0.2, 0) is 0 Å². The molecule has 1 N–H and O–H groups in total. The Morgan fingerprint density at radius 1 is 1.35 bits per heavy atom. The van der Waals surface area contributed by atoms with Crippen LogP contribution in [0.4, 0.5) is 4.39 Å². The molecule has 1 aromatic rings. The molecule has 0 amide bonds. The van der Waals surface area contributed by atoms with Crippen LogP contribution in [0.1, 0.15) is 26.7 Å². The van der Waals surface area contributed by atoms with Crippen LogP contribution in [-0.4, -0.2) is 19.2 Å². The lowest BCUT2D eigenvalue weighted by Gasteiger charge is -2.14. The first-order valence-corrected chi connectivity index (χ1v) is 6.77. The van der Waals surface area contributed by atoms with Gasteiger partial charge >= 0.3 is 0 Å². The third-order valence-electron chi connectivity index (χ3n) is 2.68. The van der Waals surface area contributed by atoms with E-state index in [2.05, 4.69) is 35.1 Å². The highest BCUT2D eigenvalue weighted by molar-refractivity contribution is 9.10. The first-order valence-electron chi connectivity index (χ1n) is 5.98. The summed E-state index contributed by atoms with van der Waals surface area (Å²) in [5.74, 6) is 0.414. The van der Waals surface area contributed by atoms with Crippen molar-refractivity contribution in [3.05, 3.63) is 28.5 Å². The zero-order valence-corrected chi connectivity index (χ0v) is 11.9. The lowest BCUT2D eigenvalue weighted by atomic mass is 10.2. The second-order valence-electron chi connectivity index (χ2n) is 3.89. The zero-order chi connectivity index (χ0) is 12.7. The van der Waals surface area contributed by atoms with Gasteiger partial charge in [-0.2, -0.15) is 0 Å². The van der Waals surface area contributed by atoms with Crippen molar-refractivity contribution in [3.63, 3.8) is 0 Å². The van der Waals surface area contributed by atoms with Crippen molar-refractivity contribution >= 4 is 15.9 Å². The lowest BCUT2D eigenvalue weighted by molar-refractivity contribution is 0.302. The largest absolute Gasteiger partial charge is 0.492 e. The van der Waals surface area contributed by atoms with Crippen molar-refractivity contribution in [3.8, 4) is 5.75 Å².